The van der Waals surface area contributed by atoms with Crippen molar-refractivity contribution in [3.8, 4) is 5.75 Å². The fraction of sp³-hybridized carbons (Fsp3) is 0.625. The first-order valence-electron chi connectivity index (χ1n) is 7.16. The van der Waals surface area contributed by atoms with Crippen molar-refractivity contribution >= 4 is 5.69 Å². The fourth-order valence-corrected chi connectivity index (χ4v) is 2.48. The third kappa shape index (κ3) is 3.63. The van der Waals surface area contributed by atoms with Crippen molar-refractivity contribution < 1.29 is 4.74 Å². The van der Waals surface area contributed by atoms with E-state index in [2.05, 4.69) is 49.6 Å². The molecule has 3 heteroatoms. The summed E-state index contributed by atoms with van der Waals surface area (Å²) in [6.07, 6.45) is 2.54. The first kappa shape index (κ1) is 14.2. The van der Waals surface area contributed by atoms with Gasteiger partial charge in [0.05, 0.1) is 12.8 Å². The first-order valence-corrected chi connectivity index (χ1v) is 7.16. The summed E-state index contributed by atoms with van der Waals surface area (Å²) in [5.74, 6) is 0.922. The van der Waals surface area contributed by atoms with Gasteiger partial charge >= 0.3 is 0 Å². The number of nitrogens with one attached hydrogen (secondary N) is 2. The summed E-state index contributed by atoms with van der Waals surface area (Å²) >= 11 is 0. The highest BCUT2D eigenvalue weighted by Crippen LogP contribution is 2.31. The summed E-state index contributed by atoms with van der Waals surface area (Å²) in [6.45, 7) is 8.81. The lowest BCUT2D eigenvalue weighted by molar-refractivity contribution is 0.415. The molecule has 1 unspecified atom stereocenters. The van der Waals surface area contributed by atoms with Crippen LogP contribution in [0.5, 0.6) is 5.75 Å². The van der Waals surface area contributed by atoms with E-state index in [1.54, 1.807) is 7.11 Å². The van der Waals surface area contributed by atoms with Gasteiger partial charge in [-0.25, -0.2) is 0 Å². The number of ether oxygens (including phenoxy) is 1. The van der Waals surface area contributed by atoms with E-state index in [1.165, 1.54) is 18.4 Å². The van der Waals surface area contributed by atoms with Crippen LogP contribution in [0.15, 0.2) is 18.2 Å². The van der Waals surface area contributed by atoms with Gasteiger partial charge in [-0.2, -0.15) is 0 Å². The van der Waals surface area contributed by atoms with Crippen LogP contribution in [0.3, 0.4) is 0 Å². The van der Waals surface area contributed by atoms with Crippen LogP contribution in [0.1, 0.15) is 39.2 Å². The summed E-state index contributed by atoms with van der Waals surface area (Å²) in [7, 11) is 1.73. The van der Waals surface area contributed by atoms with E-state index in [0.717, 1.165) is 24.5 Å². The van der Waals surface area contributed by atoms with Crippen LogP contribution in [0.2, 0.25) is 0 Å². The molecule has 1 aromatic rings. The minimum Gasteiger partial charge on any atom is -0.495 e. The van der Waals surface area contributed by atoms with E-state index in [9.17, 15) is 0 Å². The first-order chi connectivity index (χ1) is 9.00. The number of rotatable bonds is 4. The zero-order chi connectivity index (χ0) is 13.9. The van der Waals surface area contributed by atoms with Crippen LogP contribution < -0.4 is 15.4 Å². The molecule has 1 saturated heterocycles. The largest absolute Gasteiger partial charge is 0.495 e. The second kappa shape index (κ2) is 5.83. The highest BCUT2D eigenvalue weighted by molar-refractivity contribution is 5.59. The van der Waals surface area contributed by atoms with Crippen LogP contribution in [0, 0.1) is 0 Å². The monoisotopic (exact) mass is 262 g/mol. The summed E-state index contributed by atoms with van der Waals surface area (Å²) in [4.78, 5) is 0. The zero-order valence-electron chi connectivity index (χ0n) is 12.5. The van der Waals surface area contributed by atoms with Gasteiger partial charge in [0.15, 0.2) is 0 Å². The van der Waals surface area contributed by atoms with Crippen LogP contribution >= 0.6 is 0 Å². The van der Waals surface area contributed by atoms with Crippen LogP contribution in [0.4, 0.5) is 5.69 Å². The molecule has 106 valence electrons. The van der Waals surface area contributed by atoms with E-state index in [4.69, 9.17) is 4.74 Å². The van der Waals surface area contributed by atoms with Gasteiger partial charge in [-0.05, 0) is 42.5 Å². The molecule has 1 aromatic carbocycles. The lowest BCUT2D eigenvalue weighted by Crippen LogP contribution is -2.29. The summed E-state index contributed by atoms with van der Waals surface area (Å²) in [6, 6.07) is 7.01. The lowest BCUT2D eigenvalue weighted by Gasteiger charge is -2.22. The van der Waals surface area contributed by atoms with Crippen LogP contribution in [-0.4, -0.2) is 26.2 Å². The Balaban J connectivity index is 2.11. The van der Waals surface area contributed by atoms with Crippen molar-refractivity contribution in [2.24, 2.45) is 0 Å². The van der Waals surface area contributed by atoms with Gasteiger partial charge in [0, 0.05) is 12.6 Å². The number of methoxy groups -OCH3 is 1. The van der Waals surface area contributed by atoms with Crippen molar-refractivity contribution in [2.45, 2.75) is 45.1 Å². The van der Waals surface area contributed by atoms with Gasteiger partial charge in [-0.1, -0.05) is 26.8 Å². The molecule has 2 rings (SSSR count). The van der Waals surface area contributed by atoms with E-state index >= 15 is 0 Å². The second-order valence-electron chi connectivity index (χ2n) is 6.34. The van der Waals surface area contributed by atoms with Gasteiger partial charge < -0.3 is 15.4 Å². The number of anilines is 1. The van der Waals surface area contributed by atoms with Crippen molar-refractivity contribution in [1.82, 2.24) is 5.32 Å². The molecule has 2 N–H and O–H groups in total. The summed E-state index contributed by atoms with van der Waals surface area (Å²) in [5, 5.41) is 7.04. The van der Waals surface area contributed by atoms with Crippen molar-refractivity contribution in [1.29, 1.82) is 0 Å². The molecule has 0 spiro atoms. The second-order valence-corrected chi connectivity index (χ2v) is 6.34. The van der Waals surface area contributed by atoms with Crippen LogP contribution in [-0.2, 0) is 5.41 Å². The van der Waals surface area contributed by atoms with Crippen LogP contribution in [0.25, 0.3) is 0 Å². The van der Waals surface area contributed by atoms with Gasteiger partial charge in [-0.15, -0.1) is 0 Å². The minimum absolute atomic E-state index is 0.161. The Labute approximate surface area is 116 Å². The number of hydrogen-bond donors (Lipinski definition) is 2. The van der Waals surface area contributed by atoms with Crippen molar-refractivity contribution in [3.63, 3.8) is 0 Å². The molecule has 0 radical (unpaired) electrons. The normalized spacial score (nSPS) is 19.5. The van der Waals surface area contributed by atoms with E-state index in [1.807, 2.05) is 0 Å². The molecule has 0 aliphatic carbocycles. The number of benzene rings is 1. The maximum Gasteiger partial charge on any atom is 0.141 e. The highest BCUT2D eigenvalue weighted by Gasteiger charge is 2.17. The third-order valence-corrected chi connectivity index (χ3v) is 3.77. The molecule has 0 amide bonds. The Morgan fingerprint density at radius 3 is 2.74 bits per heavy atom. The van der Waals surface area contributed by atoms with E-state index in [-0.39, 0.29) is 5.41 Å². The SMILES string of the molecule is COc1ccc(C(C)(C)C)cc1NCC1CCCN1. The average Bonchev–Trinajstić information content (AvgIpc) is 2.88. The number of hydrogen-bond acceptors (Lipinski definition) is 3. The molecule has 3 nitrogen and oxygen atoms in total. The molecule has 19 heavy (non-hydrogen) atoms. The lowest BCUT2D eigenvalue weighted by atomic mass is 9.87. The van der Waals surface area contributed by atoms with Crippen molar-refractivity contribution in [2.75, 3.05) is 25.5 Å². The van der Waals surface area contributed by atoms with Gasteiger partial charge in [0.25, 0.3) is 0 Å². The molecule has 1 fully saturated rings. The predicted molar refractivity (Wildman–Crippen MR) is 81.2 cm³/mol. The quantitative estimate of drug-likeness (QED) is 0.874. The predicted octanol–water partition coefficient (Wildman–Crippen LogP) is 3.16. The van der Waals surface area contributed by atoms with Gasteiger partial charge in [0.1, 0.15) is 5.75 Å². The standard InChI is InChI=1S/C16H26N2O/c1-16(2,3)12-7-8-15(19-4)14(10-12)18-11-13-6-5-9-17-13/h7-8,10,13,17-18H,5-6,9,11H2,1-4H3. The molecule has 1 atom stereocenters. The third-order valence-electron chi connectivity index (χ3n) is 3.77. The summed E-state index contributed by atoms with van der Waals surface area (Å²) in [5.41, 5.74) is 2.59. The molecule has 1 heterocycles. The minimum atomic E-state index is 0.161. The molecule has 0 bridgehead atoms. The maximum atomic E-state index is 5.45. The molecular formula is C16H26N2O. The maximum absolute atomic E-state index is 5.45. The van der Waals surface area contributed by atoms with Crippen molar-refractivity contribution in [3.05, 3.63) is 23.8 Å². The molecule has 0 aromatic heterocycles. The average molecular weight is 262 g/mol. The molecule has 1 aliphatic rings. The topological polar surface area (TPSA) is 33.3 Å². The Morgan fingerprint density at radius 1 is 1.37 bits per heavy atom. The molecule has 1 aliphatic heterocycles. The fourth-order valence-electron chi connectivity index (χ4n) is 2.48. The molecular weight excluding hydrogens is 236 g/mol. The van der Waals surface area contributed by atoms with Gasteiger partial charge in [-0.3, -0.25) is 0 Å². The zero-order valence-corrected chi connectivity index (χ0v) is 12.5. The summed E-state index contributed by atoms with van der Waals surface area (Å²) < 4.78 is 5.45. The highest BCUT2D eigenvalue weighted by atomic mass is 16.5. The Kier molecular flexibility index (Phi) is 4.35. The smallest absolute Gasteiger partial charge is 0.141 e. The molecule has 0 saturated carbocycles. The Bertz CT molecular complexity index is 417. The Morgan fingerprint density at radius 2 is 2.16 bits per heavy atom. The van der Waals surface area contributed by atoms with E-state index in [0.29, 0.717) is 6.04 Å². The van der Waals surface area contributed by atoms with Gasteiger partial charge in [0.2, 0.25) is 0 Å². The Hall–Kier alpha value is -1.22. The van der Waals surface area contributed by atoms with E-state index < -0.39 is 0 Å².